The molecular formula is C12H15ClN4O3S. The van der Waals surface area contributed by atoms with Crippen LogP contribution in [-0.4, -0.2) is 40.7 Å². The maximum absolute atomic E-state index is 12.0. The summed E-state index contributed by atoms with van der Waals surface area (Å²) in [5.41, 5.74) is 0.408. The average molecular weight is 331 g/mol. The number of carbonyl (C=O) groups excluding carboxylic acids is 1. The summed E-state index contributed by atoms with van der Waals surface area (Å²) in [5, 5.41) is 7.20. The molecule has 0 spiro atoms. The highest BCUT2D eigenvalue weighted by molar-refractivity contribution is 7.90. The molecule has 7 nitrogen and oxygen atoms in total. The molecule has 0 saturated heterocycles. The van der Waals surface area contributed by atoms with Crippen LogP contribution in [0.15, 0.2) is 24.5 Å². The quantitative estimate of drug-likeness (QED) is 0.891. The first-order chi connectivity index (χ1) is 9.74. The second kappa shape index (κ2) is 5.90. The van der Waals surface area contributed by atoms with Crippen molar-refractivity contribution >= 4 is 33.2 Å². The Balaban J connectivity index is 2.02. The van der Waals surface area contributed by atoms with E-state index in [9.17, 15) is 13.2 Å². The number of hydrogen-bond acceptors (Lipinski definition) is 4. The lowest BCUT2D eigenvalue weighted by Crippen LogP contribution is -2.16. The fourth-order valence-corrected chi connectivity index (χ4v) is 2.51. The predicted octanol–water partition coefficient (Wildman–Crippen LogP) is 1.17. The van der Waals surface area contributed by atoms with E-state index in [4.69, 9.17) is 11.6 Å². The molecule has 2 aromatic heterocycles. The minimum atomic E-state index is -3.05. The number of sulfone groups is 1. The number of aryl methyl sites for hydroxylation is 2. The van der Waals surface area contributed by atoms with Gasteiger partial charge in [-0.25, -0.2) is 8.42 Å². The van der Waals surface area contributed by atoms with Crippen LogP contribution >= 0.6 is 11.6 Å². The molecule has 0 atom stereocenters. The predicted molar refractivity (Wildman–Crippen MR) is 80.3 cm³/mol. The van der Waals surface area contributed by atoms with Gasteiger partial charge in [0.2, 0.25) is 0 Å². The molecule has 2 heterocycles. The lowest BCUT2D eigenvalue weighted by molar-refractivity contribution is 0.101. The highest BCUT2D eigenvalue weighted by Crippen LogP contribution is 2.14. The minimum Gasteiger partial charge on any atom is -0.345 e. The van der Waals surface area contributed by atoms with Crippen molar-refractivity contribution in [2.45, 2.75) is 6.54 Å². The number of carbonyl (C=O) groups is 1. The minimum absolute atomic E-state index is 0.00448. The summed E-state index contributed by atoms with van der Waals surface area (Å²) >= 11 is 5.82. The van der Waals surface area contributed by atoms with Crippen LogP contribution in [0.3, 0.4) is 0 Å². The fourth-order valence-electron chi connectivity index (χ4n) is 1.74. The molecule has 0 aliphatic heterocycles. The van der Waals surface area contributed by atoms with Gasteiger partial charge in [0.15, 0.2) is 5.82 Å². The third-order valence-electron chi connectivity index (χ3n) is 2.78. The van der Waals surface area contributed by atoms with Gasteiger partial charge in [-0.05, 0) is 6.07 Å². The molecule has 9 heteroatoms. The van der Waals surface area contributed by atoms with Gasteiger partial charge in [-0.3, -0.25) is 9.48 Å². The third kappa shape index (κ3) is 4.33. The first-order valence-electron chi connectivity index (χ1n) is 6.09. The van der Waals surface area contributed by atoms with E-state index in [1.807, 2.05) is 0 Å². The molecule has 2 rings (SSSR count). The Morgan fingerprint density at radius 2 is 2.19 bits per heavy atom. The molecule has 0 radical (unpaired) electrons. The Labute approximate surface area is 127 Å². The molecule has 1 amide bonds. The Morgan fingerprint density at radius 1 is 1.48 bits per heavy atom. The molecule has 2 aromatic rings. The summed E-state index contributed by atoms with van der Waals surface area (Å²) < 4.78 is 25.3. The number of aromatic nitrogens is 3. The van der Waals surface area contributed by atoms with Gasteiger partial charge >= 0.3 is 0 Å². The zero-order valence-electron chi connectivity index (χ0n) is 11.6. The van der Waals surface area contributed by atoms with Crippen molar-refractivity contribution in [3.63, 3.8) is 0 Å². The standard InChI is InChI=1S/C12H15ClN4O3S/c1-16-8-9(13)7-10(16)12(18)14-11-3-4-17(15-11)5-6-21(2,19)20/h3-4,7-8H,5-6H2,1-2H3,(H,14,15,18). The summed E-state index contributed by atoms with van der Waals surface area (Å²) in [4.78, 5) is 12.0. The molecule has 0 aliphatic carbocycles. The normalized spacial score (nSPS) is 11.6. The summed E-state index contributed by atoms with van der Waals surface area (Å²) in [6, 6.07) is 3.16. The van der Waals surface area contributed by atoms with Crippen molar-refractivity contribution in [3.8, 4) is 0 Å². The van der Waals surface area contributed by atoms with Gasteiger partial charge < -0.3 is 9.88 Å². The van der Waals surface area contributed by atoms with Gasteiger partial charge in [0.1, 0.15) is 15.5 Å². The van der Waals surface area contributed by atoms with Crippen molar-refractivity contribution in [2.75, 3.05) is 17.3 Å². The largest absolute Gasteiger partial charge is 0.345 e. The first kappa shape index (κ1) is 15.6. The Morgan fingerprint density at radius 3 is 2.76 bits per heavy atom. The Hall–Kier alpha value is -1.80. The molecule has 21 heavy (non-hydrogen) atoms. The van der Waals surface area contributed by atoms with E-state index in [-0.39, 0.29) is 18.2 Å². The maximum Gasteiger partial charge on any atom is 0.273 e. The smallest absolute Gasteiger partial charge is 0.273 e. The van der Waals surface area contributed by atoms with Crippen LogP contribution in [0.2, 0.25) is 5.02 Å². The van der Waals surface area contributed by atoms with Gasteiger partial charge in [0, 0.05) is 31.8 Å². The van der Waals surface area contributed by atoms with Crippen molar-refractivity contribution in [1.29, 1.82) is 0 Å². The van der Waals surface area contributed by atoms with Crippen LogP contribution in [-0.2, 0) is 23.4 Å². The number of anilines is 1. The lowest BCUT2D eigenvalue weighted by Gasteiger charge is -2.03. The summed E-state index contributed by atoms with van der Waals surface area (Å²) in [6.07, 6.45) is 4.40. The van der Waals surface area contributed by atoms with Gasteiger partial charge in [-0.15, -0.1) is 0 Å². The topological polar surface area (TPSA) is 86.0 Å². The van der Waals surface area contributed by atoms with Gasteiger partial charge in [-0.1, -0.05) is 11.6 Å². The molecule has 114 valence electrons. The monoisotopic (exact) mass is 330 g/mol. The molecule has 0 bridgehead atoms. The summed E-state index contributed by atoms with van der Waals surface area (Å²) in [6.45, 7) is 0.241. The second-order valence-electron chi connectivity index (χ2n) is 4.70. The fraction of sp³-hybridized carbons (Fsp3) is 0.333. The zero-order chi connectivity index (χ0) is 15.6. The van der Waals surface area contributed by atoms with Crippen LogP contribution in [0.5, 0.6) is 0 Å². The highest BCUT2D eigenvalue weighted by Gasteiger charge is 2.13. The summed E-state index contributed by atoms with van der Waals surface area (Å²) in [7, 11) is -1.33. The number of hydrogen-bond donors (Lipinski definition) is 1. The van der Waals surface area contributed by atoms with Crippen LogP contribution in [0.25, 0.3) is 0 Å². The van der Waals surface area contributed by atoms with Gasteiger partial charge in [0.25, 0.3) is 5.91 Å². The molecule has 0 fully saturated rings. The molecule has 0 aliphatic rings. The van der Waals surface area contributed by atoms with E-state index < -0.39 is 9.84 Å². The van der Waals surface area contributed by atoms with E-state index in [1.54, 1.807) is 36.1 Å². The average Bonchev–Trinajstić information content (AvgIpc) is 2.92. The zero-order valence-corrected chi connectivity index (χ0v) is 13.1. The van der Waals surface area contributed by atoms with Crippen LogP contribution in [0.4, 0.5) is 5.82 Å². The van der Waals surface area contributed by atoms with Crippen LogP contribution in [0, 0.1) is 0 Å². The molecule has 1 N–H and O–H groups in total. The van der Waals surface area contributed by atoms with E-state index in [0.29, 0.717) is 16.5 Å². The highest BCUT2D eigenvalue weighted by atomic mass is 35.5. The van der Waals surface area contributed by atoms with Crippen molar-refractivity contribution < 1.29 is 13.2 Å². The van der Waals surface area contributed by atoms with Crippen molar-refractivity contribution in [1.82, 2.24) is 14.3 Å². The molecule has 0 aromatic carbocycles. The van der Waals surface area contributed by atoms with E-state index in [2.05, 4.69) is 10.4 Å². The van der Waals surface area contributed by atoms with Crippen molar-refractivity contribution in [3.05, 3.63) is 35.2 Å². The number of nitrogens with zero attached hydrogens (tertiary/aromatic N) is 3. The third-order valence-corrected chi connectivity index (χ3v) is 3.91. The van der Waals surface area contributed by atoms with Gasteiger partial charge in [0.05, 0.1) is 17.3 Å². The van der Waals surface area contributed by atoms with Crippen molar-refractivity contribution in [2.24, 2.45) is 7.05 Å². The Bertz CT molecular complexity index is 763. The van der Waals surface area contributed by atoms with Crippen LogP contribution < -0.4 is 5.32 Å². The number of rotatable bonds is 5. The van der Waals surface area contributed by atoms with E-state index in [0.717, 1.165) is 0 Å². The summed E-state index contributed by atoms with van der Waals surface area (Å²) in [5.74, 6) is 0.0127. The Kier molecular flexibility index (Phi) is 4.38. The molecule has 0 unspecified atom stereocenters. The number of amides is 1. The molecule has 0 saturated carbocycles. The van der Waals surface area contributed by atoms with Crippen LogP contribution in [0.1, 0.15) is 10.5 Å². The SMILES string of the molecule is Cn1cc(Cl)cc1C(=O)Nc1ccn(CCS(C)(=O)=O)n1. The maximum atomic E-state index is 12.0. The molecular weight excluding hydrogens is 316 g/mol. The first-order valence-corrected chi connectivity index (χ1v) is 8.53. The number of nitrogens with one attached hydrogen (secondary N) is 1. The second-order valence-corrected chi connectivity index (χ2v) is 7.40. The number of halogens is 1. The van der Waals surface area contributed by atoms with Gasteiger partial charge in [-0.2, -0.15) is 5.10 Å². The van der Waals surface area contributed by atoms with E-state index in [1.165, 1.54) is 10.9 Å². The van der Waals surface area contributed by atoms with E-state index >= 15 is 0 Å². The lowest BCUT2D eigenvalue weighted by atomic mass is 10.4.